The fourth-order valence-corrected chi connectivity index (χ4v) is 1.66. The molecule has 2 rings (SSSR count). The Balaban J connectivity index is 2.34. The van der Waals surface area contributed by atoms with Gasteiger partial charge in [0.2, 0.25) is 0 Å². The summed E-state index contributed by atoms with van der Waals surface area (Å²) < 4.78 is 0. The molecule has 0 unspecified atom stereocenters. The van der Waals surface area contributed by atoms with Crippen LogP contribution in [0.4, 0.5) is 0 Å². The molecular formula is C15H14O. The van der Waals surface area contributed by atoms with Crippen molar-refractivity contribution in [3.05, 3.63) is 77.9 Å². The van der Waals surface area contributed by atoms with E-state index in [1.807, 2.05) is 54.6 Å². The molecule has 16 heavy (non-hydrogen) atoms. The van der Waals surface area contributed by atoms with E-state index < -0.39 is 0 Å². The van der Waals surface area contributed by atoms with Gasteiger partial charge in [0, 0.05) is 0 Å². The molecule has 1 N–H and O–H groups in total. The number of hydrogen-bond acceptors (Lipinski definition) is 1. The lowest BCUT2D eigenvalue weighted by atomic mass is 9.98. The molecule has 0 aromatic heterocycles. The van der Waals surface area contributed by atoms with Gasteiger partial charge in [-0.3, -0.25) is 0 Å². The zero-order valence-electron chi connectivity index (χ0n) is 9.06. The third-order valence-corrected chi connectivity index (χ3v) is 2.58. The van der Waals surface area contributed by atoms with E-state index in [0.717, 1.165) is 22.3 Å². The Hall–Kier alpha value is -1.86. The van der Waals surface area contributed by atoms with Gasteiger partial charge in [-0.1, -0.05) is 55.1 Å². The van der Waals surface area contributed by atoms with Crippen LogP contribution in [0.3, 0.4) is 0 Å². The fraction of sp³-hybridized carbons (Fsp3) is 0.0667. The predicted molar refractivity (Wildman–Crippen MR) is 66.9 cm³/mol. The summed E-state index contributed by atoms with van der Waals surface area (Å²) in [6.07, 6.45) is 0. The fourth-order valence-electron chi connectivity index (χ4n) is 1.66. The predicted octanol–water partition coefficient (Wildman–Crippen LogP) is 3.24. The van der Waals surface area contributed by atoms with E-state index >= 15 is 0 Å². The van der Waals surface area contributed by atoms with E-state index in [1.165, 1.54) is 0 Å². The normalized spacial score (nSPS) is 10.1. The smallest absolute Gasteiger partial charge is 0.0682 e. The lowest BCUT2D eigenvalue weighted by molar-refractivity contribution is 0.282. The molecule has 0 fully saturated rings. The SMILES string of the molecule is C=C(c1ccccc1)c1cccc(CO)c1. The van der Waals surface area contributed by atoms with Crippen molar-refractivity contribution in [3.8, 4) is 0 Å². The Morgan fingerprint density at radius 1 is 0.938 bits per heavy atom. The van der Waals surface area contributed by atoms with Crippen molar-refractivity contribution in [3.63, 3.8) is 0 Å². The number of aliphatic hydroxyl groups excluding tert-OH is 1. The van der Waals surface area contributed by atoms with Gasteiger partial charge in [-0.25, -0.2) is 0 Å². The molecule has 1 nitrogen and oxygen atoms in total. The lowest BCUT2D eigenvalue weighted by Crippen LogP contribution is -1.89. The second-order valence-electron chi connectivity index (χ2n) is 3.70. The van der Waals surface area contributed by atoms with Crippen LogP contribution >= 0.6 is 0 Å². The maximum absolute atomic E-state index is 9.08. The third kappa shape index (κ3) is 2.20. The van der Waals surface area contributed by atoms with Gasteiger partial charge >= 0.3 is 0 Å². The van der Waals surface area contributed by atoms with Gasteiger partial charge in [0.1, 0.15) is 0 Å². The minimum Gasteiger partial charge on any atom is -0.392 e. The van der Waals surface area contributed by atoms with Gasteiger partial charge in [0.05, 0.1) is 6.61 Å². The highest BCUT2D eigenvalue weighted by Crippen LogP contribution is 2.21. The molecule has 0 heterocycles. The molecule has 0 radical (unpaired) electrons. The van der Waals surface area contributed by atoms with Gasteiger partial charge < -0.3 is 5.11 Å². The van der Waals surface area contributed by atoms with Crippen molar-refractivity contribution < 1.29 is 5.11 Å². The molecular weight excluding hydrogens is 196 g/mol. The van der Waals surface area contributed by atoms with Crippen LogP contribution in [-0.2, 0) is 6.61 Å². The van der Waals surface area contributed by atoms with Gasteiger partial charge in [0.15, 0.2) is 0 Å². The third-order valence-electron chi connectivity index (χ3n) is 2.58. The summed E-state index contributed by atoms with van der Waals surface area (Å²) in [6.45, 7) is 4.15. The highest BCUT2D eigenvalue weighted by molar-refractivity contribution is 5.78. The second-order valence-corrected chi connectivity index (χ2v) is 3.70. The van der Waals surface area contributed by atoms with Crippen LogP contribution < -0.4 is 0 Å². The van der Waals surface area contributed by atoms with Crippen molar-refractivity contribution in [2.75, 3.05) is 0 Å². The Morgan fingerprint density at radius 2 is 1.62 bits per heavy atom. The van der Waals surface area contributed by atoms with Crippen molar-refractivity contribution in [1.29, 1.82) is 0 Å². The molecule has 2 aromatic carbocycles. The van der Waals surface area contributed by atoms with Gasteiger partial charge in [0.25, 0.3) is 0 Å². The molecule has 0 aliphatic carbocycles. The quantitative estimate of drug-likeness (QED) is 0.824. The van der Waals surface area contributed by atoms with E-state index in [-0.39, 0.29) is 6.61 Å². The molecule has 80 valence electrons. The standard InChI is InChI=1S/C15H14O/c1-12(14-7-3-2-4-8-14)15-9-5-6-13(10-15)11-16/h2-10,16H,1,11H2. The largest absolute Gasteiger partial charge is 0.392 e. The topological polar surface area (TPSA) is 20.2 Å². The molecule has 0 saturated carbocycles. The number of aliphatic hydroxyl groups is 1. The van der Waals surface area contributed by atoms with E-state index in [4.69, 9.17) is 5.11 Å². The van der Waals surface area contributed by atoms with Crippen molar-refractivity contribution >= 4 is 5.57 Å². The zero-order valence-corrected chi connectivity index (χ0v) is 9.06. The van der Waals surface area contributed by atoms with Crippen LogP contribution in [0.2, 0.25) is 0 Å². The number of rotatable bonds is 3. The molecule has 0 aliphatic heterocycles. The molecule has 2 aromatic rings. The van der Waals surface area contributed by atoms with Crippen molar-refractivity contribution in [1.82, 2.24) is 0 Å². The maximum Gasteiger partial charge on any atom is 0.0682 e. The van der Waals surface area contributed by atoms with Crippen LogP contribution in [-0.4, -0.2) is 5.11 Å². The highest BCUT2D eigenvalue weighted by atomic mass is 16.3. The highest BCUT2D eigenvalue weighted by Gasteiger charge is 2.02. The first-order valence-electron chi connectivity index (χ1n) is 5.26. The number of benzene rings is 2. The summed E-state index contributed by atoms with van der Waals surface area (Å²) in [5, 5.41) is 9.08. The van der Waals surface area contributed by atoms with Gasteiger partial charge in [-0.15, -0.1) is 0 Å². The maximum atomic E-state index is 9.08. The first kappa shape index (κ1) is 10.7. The first-order chi connectivity index (χ1) is 7.81. The molecule has 0 bridgehead atoms. The monoisotopic (exact) mass is 210 g/mol. The Labute approximate surface area is 95.7 Å². The minimum absolute atomic E-state index is 0.0654. The lowest BCUT2D eigenvalue weighted by Gasteiger charge is -2.07. The molecule has 0 aliphatic rings. The van der Waals surface area contributed by atoms with Gasteiger partial charge in [-0.05, 0) is 28.3 Å². The van der Waals surface area contributed by atoms with Crippen LogP contribution in [0.15, 0.2) is 61.2 Å². The molecule has 1 heteroatoms. The van der Waals surface area contributed by atoms with Crippen molar-refractivity contribution in [2.24, 2.45) is 0 Å². The Bertz CT molecular complexity index is 486. The average molecular weight is 210 g/mol. The molecule has 0 amide bonds. The molecule has 0 saturated heterocycles. The van der Waals surface area contributed by atoms with E-state index in [2.05, 4.69) is 6.58 Å². The summed E-state index contributed by atoms with van der Waals surface area (Å²) in [5.74, 6) is 0. The molecule has 0 spiro atoms. The summed E-state index contributed by atoms with van der Waals surface area (Å²) in [5.41, 5.74) is 4.06. The van der Waals surface area contributed by atoms with E-state index in [9.17, 15) is 0 Å². The summed E-state index contributed by atoms with van der Waals surface area (Å²) in [6, 6.07) is 17.9. The Kier molecular flexibility index (Phi) is 3.18. The zero-order chi connectivity index (χ0) is 11.4. The molecule has 0 atom stereocenters. The minimum atomic E-state index is 0.0654. The summed E-state index contributed by atoms with van der Waals surface area (Å²) in [7, 11) is 0. The van der Waals surface area contributed by atoms with Crippen molar-refractivity contribution in [2.45, 2.75) is 6.61 Å². The Morgan fingerprint density at radius 3 is 2.31 bits per heavy atom. The second kappa shape index (κ2) is 4.77. The first-order valence-corrected chi connectivity index (χ1v) is 5.26. The van der Waals surface area contributed by atoms with Crippen LogP contribution in [0.25, 0.3) is 5.57 Å². The van der Waals surface area contributed by atoms with E-state index in [1.54, 1.807) is 0 Å². The van der Waals surface area contributed by atoms with E-state index in [0.29, 0.717) is 0 Å². The number of hydrogen-bond donors (Lipinski definition) is 1. The summed E-state index contributed by atoms with van der Waals surface area (Å²) in [4.78, 5) is 0. The van der Waals surface area contributed by atoms with Crippen LogP contribution in [0, 0.1) is 0 Å². The van der Waals surface area contributed by atoms with Gasteiger partial charge in [-0.2, -0.15) is 0 Å². The average Bonchev–Trinajstić information content (AvgIpc) is 2.39. The summed E-state index contributed by atoms with van der Waals surface area (Å²) >= 11 is 0. The van der Waals surface area contributed by atoms with Crippen LogP contribution in [0.5, 0.6) is 0 Å². The van der Waals surface area contributed by atoms with Crippen LogP contribution in [0.1, 0.15) is 16.7 Å².